The largest absolute Gasteiger partial charge is 0.545 e. The lowest BCUT2D eigenvalue weighted by Crippen LogP contribution is -2.28. The monoisotopic (exact) mass is 366 g/mol. The number of furan rings is 1. The molecule has 0 spiro atoms. The maximum atomic E-state index is 12.2. The highest BCUT2D eigenvalue weighted by molar-refractivity contribution is 8.18. The molecule has 2 heterocycles. The molecule has 2 amide bonds. The Morgan fingerprint density at radius 3 is 2.81 bits per heavy atom. The van der Waals surface area contributed by atoms with E-state index in [-0.39, 0.29) is 17.0 Å². The van der Waals surface area contributed by atoms with Gasteiger partial charge in [0.2, 0.25) is 0 Å². The molecule has 7 heteroatoms. The molecule has 6 nitrogen and oxygen atoms in total. The Labute approximate surface area is 153 Å². The third-order valence-corrected chi connectivity index (χ3v) is 4.67. The molecule has 0 unspecified atom stereocenters. The van der Waals surface area contributed by atoms with E-state index in [0.29, 0.717) is 17.1 Å². The van der Waals surface area contributed by atoms with Crippen molar-refractivity contribution < 1.29 is 23.9 Å². The number of aromatic carboxylic acids is 1. The fourth-order valence-corrected chi connectivity index (χ4v) is 3.26. The van der Waals surface area contributed by atoms with Gasteiger partial charge in [0, 0.05) is 11.6 Å². The van der Waals surface area contributed by atoms with Crippen molar-refractivity contribution in [3.05, 3.63) is 52.1 Å². The average molecular weight is 366 g/mol. The Morgan fingerprint density at radius 1 is 1.35 bits per heavy atom. The first-order chi connectivity index (χ1) is 12.4. The van der Waals surface area contributed by atoms with E-state index in [2.05, 4.69) is 5.92 Å². The lowest BCUT2D eigenvalue weighted by atomic mass is 10.0. The second kappa shape index (κ2) is 6.94. The van der Waals surface area contributed by atoms with Gasteiger partial charge in [0.05, 0.1) is 17.4 Å². The minimum atomic E-state index is -1.28. The second-order valence-electron chi connectivity index (χ2n) is 5.49. The van der Waals surface area contributed by atoms with Crippen molar-refractivity contribution in [2.24, 2.45) is 0 Å². The number of carboxylic acid groups (broad SMARTS) is 1. The Morgan fingerprint density at radius 2 is 2.12 bits per heavy atom. The minimum Gasteiger partial charge on any atom is -0.545 e. The molecule has 130 valence electrons. The Hall–Kier alpha value is -3.24. The first-order valence-electron chi connectivity index (χ1n) is 7.51. The lowest BCUT2D eigenvalue weighted by molar-refractivity contribution is -0.255. The van der Waals surface area contributed by atoms with Gasteiger partial charge in [0.1, 0.15) is 11.5 Å². The molecular weight excluding hydrogens is 354 g/mol. The van der Waals surface area contributed by atoms with Crippen LogP contribution < -0.4 is 5.11 Å². The molecule has 1 aromatic carbocycles. The number of thioether (sulfide) groups is 1. The number of imide groups is 1. The predicted molar refractivity (Wildman–Crippen MR) is 94.7 cm³/mol. The van der Waals surface area contributed by atoms with Crippen molar-refractivity contribution in [1.29, 1.82) is 0 Å². The number of terminal acetylenes is 1. The van der Waals surface area contributed by atoms with Crippen LogP contribution in [-0.2, 0) is 4.79 Å². The van der Waals surface area contributed by atoms with Gasteiger partial charge in [0.25, 0.3) is 11.1 Å². The molecule has 1 aromatic heterocycles. The summed E-state index contributed by atoms with van der Waals surface area (Å²) in [6, 6.07) is 7.88. The quantitative estimate of drug-likeness (QED) is 0.609. The molecule has 1 fully saturated rings. The maximum absolute atomic E-state index is 12.2. The van der Waals surface area contributed by atoms with Crippen LogP contribution in [0.5, 0.6) is 0 Å². The minimum absolute atomic E-state index is 0.0407. The first-order valence-corrected chi connectivity index (χ1v) is 8.33. The molecule has 0 radical (unpaired) electrons. The van der Waals surface area contributed by atoms with Crippen LogP contribution in [-0.4, -0.2) is 28.6 Å². The summed E-state index contributed by atoms with van der Waals surface area (Å²) in [6.07, 6.45) is 6.62. The molecule has 0 atom stereocenters. The van der Waals surface area contributed by atoms with Crippen LogP contribution in [0.3, 0.4) is 0 Å². The van der Waals surface area contributed by atoms with Gasteiger partial charge in [-0.15, -0.1) is 6.42 Å². The van der Waals surface area contributed by atoms with Gasteiger partial charge in [-0.05, 0) is 48.0 Å². The zero-order chi connectivity index (χ0) is 18.8. The summed E-state index contributed by atoms with van der Waals surface area (Å²) >= 11 is 0.788. The summed E-state index contributed by atoms with van der Waals surface area (Å²) in [4.78, 5) is 36.2. The van der Waals surface area contributed by atoms with Gasteiger partial charge >= 0.3 is 0 Å². The summed E-state index contributed by atoms with van der Waals surface area (Å²) in [5.41, 5.74) is 1.47. The van der Waals surface area contributed by atoms with Crippen LogP contribution in [0.25, 0.3) is 17.4 Å². The van der Waals surface area contributed by atoms with Gasteiger partial charge in [-0.25, -0.2) is 0 Å². The Bertz CT molecular complexity index is 996. The summed E-state index contributed by atoms with van der Waals surface area (Å²) in [6.45, 7) is 1.74. The predicted octanol–water partition coefficient (Wildman–Crippen LogP) is 2.29. The number of hydrogen-bond acceptors (Lipinski definition) is 6. The van der Waals surface area contributed by atoms with Crippen molar-refractivity contribution >= 4 is 35.0 Å². The number of amides is 2. The molecule has 3 rings (SSSR count). The van der Waals surface area contributed by atoms with Crippen molar-refractivity contribution in [3.63, 3.8) is 0 Å². The molecule has 0 N–H and O–H groups in total. The molecule has 0 aliphatic carbocycles. The number of carbonyl (C=O) groups is 3. The van der Waals surface area contributed by atoms with Gasteiger partial charge in [-0.1, -0.05) is 18.1 Å². The number of carboxylic acids is 1. The van der Waals surface area contributed by atoms with Crippen LogP contribution in [0, 0.1) is 19.3 Å². The number of benzene rings is 1. The smallest absolute Gasteiger partial charge is 0.294 e. The Balaban J connectivity index is 1.91. The maximum Gasteiger partial charge on any atom is 0.294 e. The molecule has 1 aliphatic rings. The van der Waals surface area contributed by atoms with E-state index in [1.807, 2.05) is 6.92 Å². The van der Waals surface area contributed by atoms with E-state index in [0.717, 1.165) is 22.2 Å². The van der Waals surface area contributed by atoms with E-state index in [4.69, 9.17) is 10.8 Å². The highest BCUT2D eigenvalue weighted by Gasteiger charge is 2.34. The van der Waals surface area contributed by atoms with Crippen LogP contribution in [0.15, 0.2) is 39.7 Å². The SMILES string of the molecule is C#CCN1C(=O)S/C(=C/c2ccc(-c3cc(C(=O)[O-])ccc3C)o2)C1=O. The normalized spacial score (nSPS) is 15.5. The van der Waals surface area contributed by atoms with Crippen LogP contribution in [0.4, 0.5) is 4.79 Å². The first kappa shape index (κ1) is 17.6. The van der Waals surface area contributed by atoms with Crippen LogP contribution in [0.1, 0.15) is 21.7 Å². The highest BCUT2D eigenvalue weighted by Crippen LogP contribution is 2.33. The number of carbonyl (C=O) groups excluding carboxylic acids is 3. The summed E-state index contributed by atoms with van der Waals surface area (Å²) in [5.74, 6) is 1.33. The fourth-order valence-electron chi connectivity index (χ4n) is 2.45. The van der Waals surface area contributed by atoms with E-state index >= 15 is 0 Å². The molecule has 0 bridgehead atoms. The zero-order valence-corrected chi connectivity index (χ0v) is 14.5. The molecular formula is C19H12NO5S-. The zero-order valence-electron chi connectivity index (χ0n) is 13.6. The summed E-state index contributed by atoms with van der Waals surface area (Å²) in [7, 11) is 0. The third-order valence-electron chi connectivity index (χ3n) is 3.76. The van der Waals surface area contributed by atoms with E-state index in [1.165, 1.54) is 18.2 Å². The van der Waals surface area contributed by atoms with E-state index < -0.39 is 17.1 Å². The van der Waals surface area contributed by atoms with Gasteiger partial charge in [0.15, 0.2) is 0 Å². The highest BCUT2D eigenvalue weighted by atomic mass is 32.2. The lowest BCUT2D eigenvalue weighted by Gasteiger charge is -2.07. The number of hydrogen-bond donors (Lipinski definition) is 0. The van der Waals surface area contributed by atoms with Crippen molar-refractivity contribution in [2.75, 3.05) is 6.54 Å². The van der Waals surface area contributed by atoms with Crippen molar-refractivity contribution in [2.45, 2.75) is 6.92 Å². The summed E-state index contributed by atoms with van der Waals surface area (Å²) in [5, 5.41) is 10.6. The van der Waals surface area contributed by atoms with Crippen LogP contribution >= 0.6 is 11.8 Å². The number of rotatable bonds is 4. The van der Waals surface area contributed by atoms with E-state index in [9.17, 15) is 19.5 Å². The Kier molecular flexibility index (Phi) is 4.69. The summed E-state index contributed by atoms with van der Waals surface area (Å²) < 4.78 is 5.70. The fraction of sp³-hybridized carbons (Fsp3) is 0.105. The standard InChI is InChI=1S/C19H13NO5S/c1-3-8-20-17(21)16(26-19(20)24)10-13-6-7-15(25-13)14-9-12(18(22)23)5-4-11(14)2/h1,4-7,9-10H,8H2,2H3,(H,22,23)/p-1/b16-10+. The molecule has 26 heavy (non-hydrogen) atoms. The molecule has 2 aromatic rings. The van der Waals surface area contributed by atoms with Gasteiger partial charge in [-0.2, -0.15) is 0 Å². The number of aryl methyl sites for hydroxylation is 1. The second-order valence-corrected chi connectivity index (χ2v) is 6.48. The van der Waals surface area contributed by atoms with Crippen LogP contribution in [0.2, 0.25) is 0 Å². The van der Waals surface area contributed by atoms with Crippen molar-refractivity contribution in [1.82, 2.24) is 4.90 Å². The van der Waals surface area contributed by atoms with Crippen molar-refractivity contribution in [3.8, 4) is 23.7 Å². The molecule has 0 saturated carbocycles. The molecule has 1 aliphatic heterocycles. The van der Waals surface area contributed by atoms with Gasteiger partial charge in [-0.3, -0.25) is 14.5 Å². The average Bonchev–Trinajstić information content (AvgIpc) is 3.16. The topological polar surface area (TPSA) is 90.7 Å². The van der Waals surface area contributed by atoms with Gasteiger partial charge < -0.3 is 14.3 Å². The number of nitrogens with zero attached hydrogens (tertiary/aromatic N) is 1. The third kappa shape index (κ3) is 3.27. The molecule has 1 saturated heterocycles. The van der Waals surface area contributed by atoms with E-state index in [1.54, 1.807) is 18.2 Å².